The van der Waals surface area contributed by atoms with Gasteiger partial charge in [0.15, 0.2) is 0 Å². The van der Waals surface area contributed by atoms with E-state index in [1.807, 2.05) is 49.4 Å². The summed E-state index contributed by atoms with van der Waals surface area (Å²) in [5.74, 6) is -0.286. The number of benzene rings is 1. The summed E-state index contributed by atoms with van der Waals surface area (Å²) in [7, 11) is 1.38. The zero-order valence-electron chi connectivity index (χ0n) is 11.5. The molecule has 0 saturated carbocycles. The summed E-state index contributed by atoms with van der Waals surface area (Å²) in [5.41, 5.74) is 1.79. The highest BCUT2D eigenvalue weighted by molar-refractivity contribution is 5.88. The first-order chi connectivity index (χ1) is 9.27. The minimum absolute atomic E-state index is 0.286. The minimum atomic E-state index is -0.286. The van der Waals surface area contributed by atoms with E-state index in [0.29, 0.717) is 25.2 Å². The fourth-order valence-corrected chi connectivity index (χ4v) is 1.55. The summed E-state index contributed by atoms with van der Waals surface area (Å²) in [6, 6.07) is 10.0. The molecule has 0 aliphatic carbocycles. The van der Waals surface area contributed by atoms with Gasteiger partial charge in [0.05, 0.1) is 20.3 Å². The number of rotatable bonds is 7. The Labute approximate surface area is 114 Å². The summed E-state index contributed by atoms with van der Waals surface area (Å²) in [6.07, 6.45) is 6.37. The second kappa shape index (κ2) is 9.11. The highest BCUT2D eigenvalue weighted by atomic mass is 16.5. The van der Waals surface area contributed by atoms with Crippen LogP contribution in [0.2, 0.25) is 0 Å². The number of hydrogen-bond acceptors (Lipinski definition) is 3. The van der Waals surface area contributed by atoms with E-state index in [-0.39, 0.29) is 5.97 Å². The first kappa shape index (κ1) is 15.2. The van der Waals surface area contributed by atoms with Crippen LogP contribution in [0.25, 0.3) is 6.08 Å². The average molecular weight is 260 g/mol. The number of hydrogen-bond donors (Lipinski definition) is 0. The second-order valence-electron chi connectivity index (χ2n) is 3.93. The third-order valence-electron chi connectivity index (χ3n) is 2.60. The summed E-state index contributed by atoms with van der Waals surface area (Å²) < 4.78 is 10.1. The van der Waals surface area contributed by atoms with E-state index in [2.05, 4.69) is 4.74 Å². The molecule has 1 aromatic rings. The fourth-order valence-electron chi connectivity index (χ4n) is 1.55. The van der Waals surface area contributed by atoms with E-state index < -0.39 is 0 Å². The van der Waals surface area contributed by atoms with Crippen LogP contribution in [0.4, 0.5) is 0 Å². The minimum Gasteiger partial charge on any atom is -0.466 e. The van der Waals surface area contributed by atoms with Gasteiger partial charge in [0.2, 0.25) is 0 Å². The molecule has 0 radical (unpaired) electrons. The lowest BCUT2D eigenvalue weighted by atomic mass is 10.2. The molecule has 19 heavy (non-hydrogen) atoms. The largest absolute Gasteiger partial charge is 0.466 e. The van der Waals surface area contributed by atoms with Crippen molar-refractivity contribution in [1.82, 2.24) is 0 Å². The standard InChI is InChI=1S/C16H20O3/c1-3-15(16(17)18-2)11-13-19-12-7-10-14-8-5-4-6-9-14/h4-11H,3,12-13H2,1-2H3. The summed E-state index contributed by atoms with van der Waals surface area (Å²) in [5, 5.41) is 0. The Kier molecular flexibility index (Phi) is 7.28. The smallest absolute Gasteiger partial charge is 0.333 e. The lowest BCUT2D eigenvalue weighted by Gasteiger charge is -2.02. The van der Waals surface area contributed by atoms with Crippen molar-refractivity contribution >= 4 is 12.0 Å². The van der Waals surface area contributed by atoms with Crippen LogP contribution in [0.15, 0.2) is 48.1 Å². The molecule has 0 N–H and O–H groups in total. The molecule has 0 aliphatic rings. The highest BCUT2D eigenvalue weighted by Gasteiger charge is 2.05. The maximum absolute atomic E-state index is 11.3. The fraction of sp³-hybridized carbons (Fsp3) is 0.312. The van der Waals surface area contributed by atoms with Crippen molar-refractivity contribution in [2.24, 2.45) is 0 Å². The Balaban J connectivity index is 2.29. The quantitative estimate of drug-likeness (QED) is 0.429. The van der Waals surface area contributed by atoms with Crippen LogP contribution >= 0.6 is 0 Å². The third kappa shape index (κ3) is 6.02. The Hall–Kier alpha value is -1.87. The predicted molar refractivity (Wildman–Crippen MR) is 76.7 cm³/mol. The molecule has 102 valence electrons. The first-order valence-electron chi connectivity index (χ1n) is 6.34. The van der Waals surface area contributed by atoms with Gasteiger partial charge in [-0.25, -0.2) is 4.79 Å². The summed E-state index contributed by atoms with van der Waals surface area (Å²) in [4.78, 5) is 11.3. The first-order valence-corrected chi connectivity index (χ1v) is 6.34. The molecule has 1 aromatic carbocycles. The van der Waals surface area contributed by atoms with Crippen molar-refractivity contribution in [3.63, 3.8) is 0 Å². The molecule has 0 fully saturated rings. The zero-order chi connectivity index (χ0) is 13.9. The molecule has 0 spiro atoms. The van der Waals surface area contributed by atoms with E-state index >= 15 is 0 Å². The lowest BCUT2D eigenvalue weighted by Crippen LogP contribution is -2.05. The van der Waals surface area contributed by atoms with Crippen molar-refractivity contribution < 1.29 is 14.3 Å². The van der Waals surface area contributed by atoms with Crippen LogP contribution in [0.5, 0.6) is 0 Å². The molecule has 3 heteroatoms. The Morgan fingerprint density at radius 3 is 2.58 bits per heavy atom. The van der Waals surface area contributed by atoms with Gasteiger partial charge >= 0.3 is 5.97 Å². The molecule has 0 aromatic heterocycles. The van der Waals surface area contributed by atoms with Gasteiger partial charge in [-0.15, -0.1) is 0 Å². The number of carbonyl (C=O) groups is 1. The van der Waals surface area contributed by atoms with Crippen molar-refractivity contribution in [1.29, 1.82) is 0 Å². The monoisotopic (exact) mass is 260 g/mol. The Morgan fingerprint density at radius 1 is 1.21 bits per heavy atom. The maximum atomic E-state index is 11.3. The Bertz CT molecular complexity index is 433. The van der Waals surface area contributed by atoms with Crippen molar-refractivity contribution in [2.45, 2.75) is 13.3 Å². The third-order valence-corrected chi connectivity index (χ3v) is 2.60. The highest BCUT2D eigenvalue weighted by Crippen LogP contribution is 2.03. The second-order valence-corrected chi connectivity index (χ2v) is 3.93. The number of carbonyl (C=O) groups excluding carboxylic acids is 1. The zero-order valence-corrected chi connectivity index (χ0v) is 11.5. The van der Waals surface area contributed by atoms with Gasteiger partial charge in [0.1, 0.15) is 0 Å². The van der Waals surface area contributed by atoms with E-state index in [9.17, 15) is 4.79 Å². The van der Waals surface area contributed by atoms with Crippen LogP contribution in [0.3, 0.4) is 0 Å². The average Bonchev–Trinajstić information content (AvgIpc) is 2.47. The van der Waals surface area contributed by atoms with Crippen LogP contribution in [-0.2, 0) is 14.3 Å². The summed E-state index contributed by atoms with van der Waals surface area (Å²) in [6.45, 7) is 2.85. The molecule has 0 bridgehead atoms. The van der Waals surface area contributed by atoms with E-state index in [1.165, 1.54) is 7.11 Å². The van der Waals surface area contributed by atoms with Crippen molar-refractivity contribution in [3.05, 3.63) is 53.6 Å². The van der Waals surface area contributed by atoms with Crippen molar-refractivity contribution in [2.75, 3.05) is 20.3 Å². The van der Waals surface area contributed by atoms with Gasteiger partial charge < -0.3 is 9.47 Å². The van der Waals surface area contributed by atoms with Gasteiger partial charge in [0, 0.05) is 5.57 Å². The number of ether oxygens (including phenoxy) is 2. The SMILES string of the molecule is CCC(=CCOCC=Cc1ccccc1)C(=O)OC. The molecule has 0 aliphatic heterocycles. The molecule has 0 unspecified atom stereocenters. The molecule has 1 rings (SSSR count). The molecule has 0 atom stereocenters. The maximum Gasteiger partial charge on any atom is 0.333 e. The van der Waals surface area contributed by atoms with Gasteiger partial charge in [-0.3, -0.25) is 0 Å². The molecule has 0 saturated heterocycles. The summed E-state index contributed by atoms with van der Waals surface area (Å²) >= 11 is 0. The van der Waals surface area contributed by atoms with Gasteiger partial charge in [-0.05, 0) is 18.1 Å². The normalized spacial score (nSPS) is 11.8. The van der Waals surface area contributed by atoms with Gasteiger partial charge in [-0.2, -0.15) is 0 Å². The van der Waals surface area contributed by atoms with E-state index in [0.717, 1.165) is 5.56 Å². The molecular weight excluding hydrogens is 240 g/mol. The number of esters is 1. The Morgan fingerprint density at radius 2 is 1.95 bits per heavy atom. The van der Waals surface area contributed by atoms with E-state index in [1.54, 1.807) is 6.08 Å². The van der Waals surface area contributed by atoms with Crippen LogP contribution in [0.1, 0.15) is 18.9 Å². The lowest BCUT2D eigenvalue weighted by molar-refractivity contribution is -0.136. The number of methoxy groups -OCH3 is 1. The van der Waals surface area contributed by atoms with Crippen LogP contribution in [-0.4, -0.2) is 26.3 Å². The van der Waals surface area contributed by atoms with Crippen LogP contribution in [0, 0.1) is 0 Å². The molecular formula is C16H20O3. The molecule has 3 nitrogen and oxygen atoms in total. The predicted octanol–water partition coefficient (Wildman–Crippen LogP) is 3.23. The molecule has 0 heterocycles. The van der Waals surface area contributed by atoms with E-state index in [4.69, 9.17) is 4.74 Å². The molecule has 0 amide bonds. The van der Waals surface area contributed by atoms with Gasteiger partial charge in [-0.1, -0.05) is 49.4 Å². The van der Waals surface area contributed by atoms with Gasteiger partial charge in [0.25, 0.3) is 0 Å². The van der Waals surface area contributed by atoms with Crippen LogP contribution < -0.4 is 0 Å². The topological polar surface area (TPSA) is 35.5 Å². The van der Waals surface area contributed by atoms with Crippen molar-refractivity contribution in [3.8, 4) is 0 Å².